The number of allylic oxidation sites excluding steroid dienone is 26. The number of carboxylic acid groups (broad SMARTS) is 1. The molecule has 0 fully saturated rings. The molecule has 1 amide bonds. The van der Waals surface area contributed by atoms with Gasteiger partial charge in [0.15, 0.2) is 0 Å². The Hall–Kier alpha value is -5.75. The molecule has 1 aromatic rings. The van der Waals surface area contributed by atoms with Gasteiger partial charge in [-0.2, -0.15) is 0 Å². The fraction of sp³-hybridized carbons (Fsp3) is 0.352. The predicted molar refractivity (Wildman–Crippen MR) is 256 cm³/mol. The molecule has 0 atom stereocenters. The first-order valence-corrected chi connectivity index (χ1v) is 21.8. The van der Waals surface area contributed by atoms with Gasteiger partial charge in [0.1, 0.15) is 11.3 Å². The highest BCUT2D eigenvalue weighted by Gasteiger charge is 2.16. The number of carbonyl (C=O) groups is 3. The molecule has 0 radical (unpaired) electrons. The molecule has 0 saturated heterocycles. The summed E-state index contributed by atoms with van der Waals surface area (Å²) in [4.78, 5) is 36.8. The molecule has 0 aliphatic rings. The van der Waals surface area contributed by atoms with E-state index >= 15 is 0 Å². The molecule has 0 saturated carbocycles. The number of hydrogen-bond acceptors (Lipinski definition) is 4. The summed E-state index contributed by atoms with van der Waals surface area (Å²) in [5, 5.41) is 12.5. The van der Waals surface area contributed by atoms with Crippen molar-refractivity contribution >= 4 is 23.5 Å². The first kappa shape index (κ1) is 52.3. The Bertz CT molecular complexity index is 1720. The lowest BCUT2D eigenvalue weighted by atomic mass is 10.1. The van der Waals surface area contributed by atoms with Crippen LogP contribution in [0.25, 0.3) is 0 Å². The van der Waals surface area contributed by atoms with Crippen LogP contribution in [-0.4, -0.2) is 23.0 Å². The lowest BCUT2D eigenvalue weighted by Gasteiger charge is -2.10. The number of hydrogen-bond donors (Lipinski definition) is 2. The number of nitrogens with one attached hydrogen (secondary N) is 1. The van der Waals surface area contributed by atoms with Crippen molar-refractivity contribution in [1.82, 2.24) is 0 Å². The highest BCUT2D eigenvalue weighted by molar-refractivity contribution is 5.96. The number of carboxylic acids is 1. The van der Waals surface area contributed by atoms with Crippen LogP contribution in [0.5, 0.6) is 5.75 Å². The molecule has 2 N–H and O–H groups in total. The Balaban J connectivity index is 2.24. The van der Waals surface area contributed by atoms with Crippen LogP contribution < -0.4 is 10.1 Å². The summed E-state index contributed by atoms with van der Waals surface area (Å²) in [7, 11) is 0. The number of amides is 1. The normalized spacial score (nSPS) is 13.0. The number of aromatic carboxylic acids is 1. The summed E-state index contributed by atoms with van der Waals surface area (Å²) < 4.78 is 5.36. The van der Waals surface area contributed by atoms with Crippen LogP contribution in [-0.2, 0) is 9.59 Å². The molecule has 0 heterocycles. The Morgan fingerprint density at radius 1 is 0.467 bits per heavy atom. The molecule has 60 heavy (non-hydrogen) atoms. The molecule has 6 heteroatoms. The average Bonchev–Trinajstić information content (AvgIpc) is 3.24. The third kappa shape index (κ3) is 33.2. The summed E-state index contributed by atoms with van der Waals surface area (Å²) in [5.74, 6) is -2.05. The van der Waals surface area contributed by atoms with Crippen molar-refractivity contribution in [2.45, 2.75) is 123 Å². The summed E-state index contributed by atoms with van der Waals surface area (Å²) in [6, 6.07) is 4.25. The average molecular weight is 814 g/mol. The quantitative estimate of drug-likeness (QED) is 0.0419. The van der Waals surface area contributed by atoms with E-state index in [-0.39, 0.29) is 30.1 Å². The second-order valence-electron chi connectivity index (χ2n) is 13.7. The van der Waals surface area contributed by atoms with Crippen molar-refractivity contribution in [2.75, 3.05) is 5.32 Å². The molecular formula is C54H71NO5. The molecule has 0 spiro atoms. The van der Waals surface area contributed by atoms with Crippen molar-refractivity contribution in [3.8, 4) is 5.75 Å². The number of esters is 1. The van der Waals surface area contributed by atoms with Crippen LogP contribution >= 0.6 is 0 Å². The fourth-order valence-electron chi connectivity index (χ4n) is 5.23. The van der Waals surface area contributed by atoms with Crippen LogP contribution in [0, 0.1) is 0 Å². The molecule has 322 valence electrons. The topological polar surface area (TPSA) is 92.7 Å². The second kappa shape index (κ2) is 40.0. The highest BCUT2D eigenvalue weighted by atomic mass is 16.5. The zero-order valence-corrected chi connectivity index (χ0v) is 36.3. The van der Waals surface area contributed by atoms with Crippen LogP contribution in [0.1, 0.15) is 133 Å². The van der Waals surface area contributed by atoms with Crippen LogP contribution in [0.3, 0.4) is 0 Å². The van der Waals surface area contributed by atoms with Crippen molar-refractivity contribution in [3.05, 3.63) is 182 Å². The number of rotatable bonds is 33. The molecular weight excluding hydrogens is 743 g/mol. The van der Waals surface area contributed by atoms with E-state index in [1.54, 1.807) is 0 Å². The van der Waals surface area contributed by atoms with Crippen molar-refractivity contribution < 1.29 is 24.2 Å². The molecule has 0 aliphatic carbocycles. The van der Waals surface area contributed by atoms with E-state index in [0.717, 1.165) is 83.5 Å². The maximum atomic E-state index is 12.5. The van der Waals surface area contributed by atoms with E-state index < -0.39 is 11.9 Å². The summed E-state index contributed by atoms with van der Waals surface area (Å²) >= 11 is 0. The lowest BCUT2D eigenvalue weighted by molar-refractivity contribution is -0.134. The van der Waals surface area contributed by atoms with Gasteiger partial charge in [-0.1, -0.05) is 172 Å². The zero-order chi connectivity index (χ0) is 43.4. The number of benzene rings is 1. The van der Waals surface area contributed by atoms with Crippen LogP contribution in [0.15, 0.2) is 176 Å². The zero-order valence-electron chi connectivity index (χ0n) is 36.3. The third-order valence-electron chi connectivity index (χ3n) is 8.40. The minimum atomic E-state index is -1.25. The van der Waals surface area contributed by atoms with E-state index in [9.17, 15) is 19.5 Å². The molecule has 0 aromatic heterocycles. The van der Waals surface area contributed by atoms with Gasteiger partial charge in [0.05, 0.1) is 0 Å². The minimum Gasteiger partial charge on any atom is -0.478 e. The van der Waals surface area contributed by atoms with E-state index in [1.807, 2.05) is 24.3 Å². The van der Waals surface area contributed by atoms with Gasteiger partial charge in [0.2, 0.25) is 5.91 Å². The van der Waals surface area contributed by atoms with Crippen LogP contribution in [0.4, 0.5) is 5.69 Å². The van der Waals surface area contributed by atoms with Gasteiger partial charge >= 0.3 is 11.9 Å². The molecule has 0 bridgehead atoms. The minimum absolute atomic E-state index is 0.0504. The number of anilines is 1. The van der Waals surface area contributed by atoms with Gasteiger partial charge < -0.3 is 15.2 Å². The maximum absolute atomic E-state index is 12.5. The summed E-state index contributed by atoms with van der Waals surface area (Å²) in [6.07, 6.45) is 69.2. The second-order valence-corrected chi connectivity index (χ2v) is 13.7. The van der Waals surface area contributed by atoms with E-state index in [4.69, 9.17) is 4.74 Å². The van der Waals surface area contributed by atoms with E-state index in [2.05, 4.69) is 153 Å². The lowest BCUT2D eigenvalue weighted by Crippen LogP contribution is -2.13. The standard InChI is InChI=1S/C54H71NO5/c1-3-5-7-9-11-13-15-17-19-21-23-24-25-27-28-30-32-34-36-38-40-42-44-52(56)55-49-46-47-51(50(48-49)54(58)59)60-53(57)45-43-41-39-37-35-33-31-29-26-22-20-18-16-14-12-10-8-6-4-2/h5-8,11-14,17-20,23-24,26-29,32-35,38-41,46-48H,3-4,9-10,15-16,21-22,25,30-31,36-37,42-45H2,1-2H3,(H,55,56)(H,58,59)/b7-5-,8-6-,13-11-,14-12-,19-17-,20-18-,24-23-,28-27-,29-26-,34-32-,35-33-,40-38-,41-39-. The van der Waals surface area contributed by atoms with Gasteiger partial charge in [0.25, 0.3) is 0 Å². The van der Waals surface area contributed by atoms with Gasteiger partial charge in [-0.15, -0.1) is 0 Å². The Morgan fingerprint density at radius 3 is 1.12 bits per heavy atom. The smallest absolute Gasteiger partial charge is 0.339 e. The fourth-order valence-corrected chi connectivity index (χ4v) is 5.23. The van der Waals surface area contributed by atoms with Gasteiger partial charge in [-0.3, -0.25) is 9.59 Å². The third-order valence-corrected chi connectivity index (χ3v) is 8.40. The number of ether oxygens (including phenoxy) is 1. The number of carbonyl (C=O) groups excluding carboxylic acids is 2. The predicted octanol–water partition coefficient (Wildman–Crippen LogP) is 15.1. The molecule has 1 rings (SSSR count). The van der Waals surface area contributed by atoms with Crippen LogP contribution in [0.2, 0.25) is 0 Å². The molecule has 0 unspecified atom stereocenters. The maximum Gasteiger partial charge on any atom is 0.339 e. The van der Waals surface area contributed by atoms with E-state index in [1.165, 1.54) is 18.2 Å². The van der Waals surface area contributed by atoms with Gasteiger partial charge in [-0.05, 0) is 115 Å². The van der Waals surface area contributed by atoms with Gasteiger partial charge in [0, 0.05) is 18.5 Å². The monoisotopic (exact) mass is 814 g/mol. The SMILES string of the molecule is CC/C=C\C/C=C\C/C=C\C/C=C\C/C=C\C/C=C\C/C=C\CCC(=O)Nc1ccc(OC(=O)CC/C=C\C/C=C\C/C=C\C/C=C\C/C=C\C/C=C\CC)c(C(=O)O)c1. The largest absolute Gasteiger partial charge is 0.478 e. The Morgan fingerprint density at radius 2 is 0.783 bits per heavy atom. The highest BCUT2D eigenvalue weighted by Crippen LogP contribution is 2.24. The van der Waals surface area contributed by atoms with Crippen molar-refractivity contribution in [3.63, 3.8) is 0 Å². The molecule has 0 aliphatic heterocycles. The van der Waals surface area contributed by atoms with E-state index in [0.29, 0.717) is 18.5 Å². The Labute approximate surface area is 362 Å². The summed E-state index contributed by atoms with van der Waals surface area (Å²) in [6.45, 7) is 4.28. The van der Waals surface area contributed by atoms with Crippen molar-refractivity contribution in [2.24, 2.45) is 0 Å². The molecule has 1 aromatic carbocycles. The first-order valence-electron chi connectivity index (χ1n) is 21.8. The first-order chi connectivity index (χ1) is 29.5. The Kier molecular flexibility index (Phi) is 34.9. The van der Waals surface area contributed by atoms with Crippen molar-refractivity contribution in [1.29, 1.82) is 0 Å². The van der Waals surface area contributed by atoms with Gasteiger partial charge in [-0.25, -0.2) is 4.79 Å². The summed E-state index contributed by atoms with van der Waals surface area (Å²) in [5.41, 5.74) is 0.142. The molecule has 6 nitrogen and oxygen atoms in total.